The summed E-state index contributed by atoms with van der Waals surface area (Å²) in [4.78, 5) is 84.6. The van der Waals surface area contributed by atoms with Gasteiger partial charge in [-0.3, -0.25) is 14.9 Å². The number of hydrogen-bond donors (Lipinski definition) is 1. The Kier molecular flexibility index (Phi) is 38.5. The van der Waals surface area contributed by atoms with E-state index >= 15 is 0 Å². The maximum atomic E-state index is 11.2. The monoisotopic (exact) mass is 761 g/mol. The van der Waals surface area contributed by atoms with Crippen LogP contribution in [0.25, 0.3) is 0 Å². The van der Waals surface area contributed by atoms with Crippen LogP contribution in [0.2, 0.25) is 0 Å². The second-order valence-corrected chi connectivity index (χ2v) is 12.1. The molecule has 1 aromatic carbocycles. The Hall–Kier alpha value is -5.12. The number of carbonyl (C=O) groups excluding carboxylic acids is 5. The number of carboxylic acid groups (broad SMARTS) is 1. The van der Waals surface area contributed by atoms with Crippen LogP contribution in [0, 0.1) is 22.0 Å². The molecule has 2 atom stereocenters. The number of aliphatic carboxylic acids is 1. The number of rotatable bonds is 25. The molecule has 302 valence electrons. The fourth-order valence-corrected chi connectivity index (χ4v) is 4.56. The second kappa shape index (κ2) is 39.1. The molecule has 0 bridgehead atoms. The maximum absolute atomic E-state index is 11.2. The first-order chi connectivity index (χ1) is 25.9. The lowest BCUT2D eigenvalue weighted by atomic mass is 10.00. The van der Waals surface area contributed by atoms with Crippen molar-refractivity contribution < 1.29 is 48.3 Å². The van der Waals surface area contributed by atoms with Crippen LogP contribution in [0.15, 0.2) is 38.2 Å². The summed E-state index contributed by atoms with van der Waals surface area (Å²) in [5.74, 6) is -0.841. The van der Waals surface area contributed by atoms with Crippen molar-refractivity contribution in [1.82, 2.24) is 0 Å². The highest BCUT2D eigenvalue weighted by Crippen LogP contribution is 2.30. The second-order valence-electron chi connectivity index (χ2n) is 12.1. The van der Waals surface area contributed by atoms with Gasteiger partial charge in [0.25, 0.3) is 5.69 Å². The highest BCUT2D eigenvalue weighted by molar-refractivity contribution is 5.76. The zero-order valence-electron chi connectivity index (χ0n) is 32.8. The van der Waals surface area contributed by atoms with E-state index < -0.39 is 22.9 Å². The molecule has 0 heterocycles. The van der Waals surface area contributed by atoms with Crippen molar-refractivity contribution in [3.63, 3.8) is 0 Å². The predicted molar refractivity (Wildman–Crippen MR) is 204 cm³/mol. The average molecular weight is 762 g/mol. The topological polar surface area (TPSA) is 234 Å². The van der Waals surface area contributed by atoms with Gasteiger partial charge in [-0.15, -0.1) is 0 Å². The van der Waals surface area contributed by atoms with Gasteiger partial charge in [0.2, 0.25) is 24.3 Å². The Morgan fingerprint density at radius 1 is 0.833 bits per heavy atom. The minimum atomic E-state index is -0.735. The van der Waals surface area contributed by atoms with Gasteiger partial charge >= 0.3 is 11.9 Å². The number of carbonyl (C=O) groups is 2. The van der Waals surface area contributed by atoms with Crippen LogP contribution in [-0.2, 0) is 33.5 Å². The van der Waals surface area contributed by atoms with E-state index in [-0.39, 0.29) is 17.3 Å². The van der Waals surface area contributed by atoms with Crippen LogP contribution < -0.4 is 4.74 Å². The standard InChI is InChI=1S/C12H23NO.2C9H15NO3.C8H6N2O4/c1-2-3-4-5-6-7-8-9-10-11-13-12-14;1-4-13-9(12)8(10-6-11)5-7(2)3;1-2-8(9(12)13)5-3-4-6-10-7-11;1-14-8-3-2-6(10(12)13)4-7(8)9-5-11/h2-11H2,1H3;7-8H,4-5H2,1-3H3;8H,2-6H2,1H3,(H,12,13);2-4H,1H3. The summed E-state index contributed by atoms with van der Waals surface area (Å²) in [5.41, 5.74) is -0.0588. The average Bonchev–Trinajstić information content (AvgIpc) is 3.14. The molecule has 1 N–H and O–H groups in total. The fourth-order valence-electron chi connectivity index (χ4n) is 4.56. The summed E-state index contributed by atoms with van der Waals surface area (Å²) in [6.07, 6.45) is 20.9. The number of isocyanates is 4. The molecule has 0 spiro atoms. The number of nitrogens with zero attached hydrogens (tertiary/aromatic N) is 5. The number of aliphatic imine (C=N–C) groups is 4. The number of esters is 1. The summed E-state index contributed by atoms with van der Waals surface area (Å²) in [5, 5.41) is 19.1. The van der Waals surface area contributed by atoms with Gasteiger partial charge in [0.05, 0.1) is 37.6 Å². The van der Waals surface area contributed by atoms with Crippen molar-refractivity contribution in [2.75, 3.05) is 26.8 Å². The smallest absolute Gasteiger partial charge is 0.331 e. The van der Waals surface area contributed by atoms with Crippen LogP contribution in [0.1, 0.15) is 125 Å². The van der Waals surface area contributed by atoms with Crippen LogP contribution in [0.4, 0.5) is 11.4 Å². The molecular weight excluding hydrogens is 702 g/mol. The lowest BCUT2D eigenvalue weighted by Crippen LogP contribution is -2.23. The zero-order chi connectivity index (χ0) is 41.4. The molecule has 0 aliphatic heterocycles. The number of nitro groups is 1. The molecule has 0 saturated carbocycles. The van der Waals surface area contributed by atoms with Crippen LogP contribution in [-0.4, -0.2) is 79.1 Å². The molecule has 16 heteroatoms. The van der Waals surface area contributed by atoms with Gasteiger partial charge in [-0.05, 0) is 51.0 Å². The van der Waals surface area contributed by atoms with E-state index in [9.17, 15) is 38.9 Å². The minimum absolute atomic E-state index is 0.0942. The van der Waals surface area contributed by atoms with Crippen molar-refractivity contribution in [2.24, 2.45) is 31.8 Å². The number of carboxylic acids is 1. The molecule has 2 unspecified atom stereocenters. The van der Waals surface area contributed by atoms with Gasteiger partial charge in [0.1, 0.15) is 11.4 Å². The van der Waals surface area contributed by atoms with Crippen LogP contribution in [0.3, 0.4) is 0 Å². The molecule has 0 saturated heterocycles. The summed E-state index contributed by atoms with van der Waals surface area (Å²) in [7, 11) is 1.38. The quantitative estimate of drug-likeness (QED) is 0.0248. The van der Waals surface area contributed by atoms with Crippen molar-refractivity contribution in [1.29, 1.82) is 0 Å². The highest BCUT2D eigenvalue weighted by Gasteiger charge is 2.20. The molecular formula is C38H59N5O11. The lowest BCUT2D eigenvalue weighted by Gasteiger charge is -2.11. The fraction of sp³-hybridized carbons (Fsp3) is 0.684. The third kappa shape index (κ3) is 32.8. The lowest BCUT2D eigenvalue weighted by molar-refractivity contribution is -0.384. The van der Waals surface area contributed by atoms with Gasteiger partial charge in [0, 0.05) is 12.1 Å². The number of hydrogen-bond acceptors (Lipinski definition) is 14. The van der Waals surface area contributed by atoms with Gasteiger partial charge in [-0.25, -0.2) is 34.0 Å². The first-order valence-electron chi connectivity index (χ1n) is 18.4. The summed E-state index contributed by atoms with van der Waals surface area (Å²) in [6.45, 7) is 11.2. The van der Waals surface area contributed by atoms with Gasteiger partial charge in [0.15, 0.2) is 6.04 Å². The molecule has 0 radical (unpaired) electrons. The molecule has 0 aliphatic rings. The SMILES string of the molecule is CCC(CCCCN=C=O)C(=O)O.CCCCCCCCCCCN=C=O.CCOC(=O)C(CC(C)C)N=C=O.COc1ccc([N+](=O)[O-])cc1N=C=O. The molecule has 54 heavy (non-hydrogen) atoms. The first kappa shape index (κ1) is 53.2. The Labute approximate surface area is 318 Å². The summed E-state index contributed by atoms with van der Waals surface area (Å²) < 4.78 is 9.58. The van der Waals surface area contributed by atoms with Gasteiger partial charge in [-0.2, -0.15) is 9.98 Å². The molecule has 16 nitrogen and oxygen atoms in total. The van der Waals surface area contributed by atoms with Crippen molar-refractivity contribution in [3.05, 3.63) is 28.3 Å². The number of benzene rings is 1. The molecule has 0 amide bonds. The van der Waals surface area contributed by atoms with Crippen LogP contribution >= 0.6 is 0 Å². The maximum Gasteiger partial charge on any atom is 0.331 e. The number of ether oxygens (including phenoxy) is 2. The molecule has 0 fully saturated rings. The van der Waals surface area contributed by atoms with Crippen molar-refractivity contribution >= 4 is 47.6 Å². The molecule has 0 aromatic heterocycles. The van der Waals surface area contributed by atoms with E-state index in [0.29, 0.717) is 50.6 Å². The van der Waals surface area contributed by atoms with Crippen molar-refractivity contribution in [2.45, 2.75) is 131 Å². The number of methoxy groups -OCH3 is 1. The van der Waals surface area contributed by atoms with E-state index in [1.54, 1.807) is 13.0 Å². The number of unbranched alkanes of at least 4 members (excludes halogenated alkanes) is 9. The van der Waals surface area contributed by atoms with E-state index in [0.717, 1.165) is 25.3 Å². The predicted octanol–water partition coefficient (Wildman–Crippen LogP) is 8.33. The van der Waals surface area contributed by atoms with E-state index in [1.807, 2.05) is 20.8 Å². The molecule has 1 rings (SSSR count). The third-order valence-corrected chi connectivity index (χ3v) is 7.42. The normalized spacial score (nSPS) is 10.6. The Balaban J connectivity index is -0.000000643. The number of non-ortho nitro benzene ring substituents is 1. The van der Waals surface area contributed by atoms with E-state index in [2.05, 4.69) is 26.9 Å². The molecule has 0 aliphatic carbocycles. The van der Waals surface area contributed by atoms with Gasteiger partial charge in [-0.1, -0.05) is 85.5 Å². The first-order valence-corrected chi connectivity index (χ1v) is 18.4. The largest absolute Gasteiger partial charge is 0.494 e. The van der Waals surface area contributed by atoms with E-state index in [1.165, 1.54) is 88.8 Å². The number of nitro benzene ring substituents is 1. The third-order valence-electron chi connectivity index (χ3n) is 7.42. The van der Waals surface area contributed by atoms with Crippen molar-refractivity contribution in [3.8, 4) is 5.75 Å². The van der Waals surface area contributed by atoms with Crippen LogP contribution in [0.5, 0.6) is 5.75 Å². The zero-order valence-corrected chi connectivity index (χ0v) is 32.8. The summed E-state index contributed by atoms with van der Waals surface area (Å²) >= 11 is 0. The Morgan fingerprint density at radius 3 is 1.81 bits per heavy atom. The minimum Gasteiger partial charge on any atom is -0.494 e. The van der Waals surface area contributed by atoms with E-state index in [4.69, 9.17) is 14.6 Å². The Morgan fingerprint density at radius 2 is 1.39 bits per heavy atom. The highest BCUT2D eigenvalue weighted by atomic mass is 16.6. The molecule has 1 aromatic rings. The van der Waals surface area contributed by atoms with Gasteiger partial charge < -0.3 is 14.6 Å². The Bertz CT molecular complexity index is 1360. The summed E-state index contributed by atoms with van der Waals surface area (Å²) in [6, 6.07) is 3.10.